The SMILES string of the molecule is O=C1CS[C@@H](c2ccc(C(=O)O)cc2)c2cnn(-c3ccccc3F)c2N1. The molecule has 0 unspecified atom stereocenters. The van der Waals surface area contributed by atoms with Gasteiger partial charge in [-0.15, -0.1) is 11.8 Å². The van der Waals surface area contributed by atoms with Crippen LogP contribution in [0.3, 0.4) is 0 Å². The Morgan fingerprint density at radius 1 is 1.22 bits per heavy atom. The predicted octanol–water partition coefficient (Wildman–Crippen LogP) is 3.48. The molecule has 2 aromatic carbocycles. The minimum atomic E-state index is -1.00. The molecule has 6 nitrogen and oxygen atoms in total. The van der Waals surface area contributed by atoms with E-state index >= 15 is 0 Å². The first-order valence-corrected chi connectivity index (χ1v) is 9.17. The van der Waals surface area contributed by atoms with E-state index < -0.39 is 11.8 Å². The average Bonchev–Trinajstić information content (AvgIpc) is 2.98. The van der Waals surface area contributed by atoms with Crippen molar-refractivity contribution in [1.29, 1.82) is 0 Å². The quantitative estimate of drug-likeness (QED) is 0.723. The average molecular weight is 383 g/mol. The minimum Gasteiger partial charge on any atom is -0.478 e. The summed E-state index contributed by atoms with van der Waals surface area (Å²) in [7, 11) is 0. The number of carboxylic acid groups (broad SMARTS) is 1. The molecule has 8 heteroatoms. The minimum absolute atomic E-state index is 0.189. The van der Waals surface area contributed by atoms with Gasteiger partial charge < -0.3 is 10.4 Å². The molecule has 4 rings (SSSR count). The largest absolute Gasteiger partial charge is 0.478 e. The molecule has 3 aromatic rings. The van der Waals surface area contributed by atoms with E-state index in [9.17, 15) is 14.0 Å². The lowest BCUT2D eigenvalue weighted by atomic mass is 10.0. The number of aromatic nitrogens is 2. The lowest BCUT2D eigenvalue weighted by Gasteiger charge is -2.14. The van der Waals surface area contributed by atoms with E-state index in [4.69, 9.17) is 5.11 Å². The molecule has 0 bridgehead atoms. The van der Waals surface area contributed by atoms with Crippen LogP contribution in [-0.4, -0.2) is 32.5 Å². The first-order valence-electron chi connectivity index (χ1n) is 8.12. The Morgan fingerprint density at radius 2 is 1.96 bits per heavy atom. The number of benzene rings is 2. The van der Waals surface area contributed by atoms with E-state index in [1.807, 2.05) is 0 Å². The molecular weight excluding hydrogens is 369 g/mol. The van der Waals surface area contributed by atoms with Gasteiger partial charge in [0.15, 0.2) is 0 Å². The van der Waals surface area contributed by atoms with Gasteiger partial charge in [0, 0.05) is 5.56 Å². The second-order valence-electron chi connectivity index (χ2n) is 5.98. The summed E-state index contributed by atoms with van der Waals surface area (Å²) in [5, 5.41) is 15.9. The number of carboxylic acids is 1. The number of rotatable bonds is 3. The van der Waals surface area contributed by atoms with Crippen molar-refractivity contribution < 1.29 is 19.1 Å². The van der Waals surface area contributed by atoms with Crippen LogP contribution >= 0.6 is 11.8 Å². The van der Waals surface area contributed by atoms with Gasteiger partial charge in [0.1, 0.15) is 17.3 Å². The number of carbonyl (C=O) groups is 2. The number of amides is 1. The summed E-state index contributed by atoms with van der Waals surface area (Å²) in [5.74, 6) is -1.01. The van der Waals surface area contributed by atoms with Crippen molar-refractivity contribution in [2.45, 2.75) is 5.25 Å². The Labute approximate surface area is 158 Å². The Bertz CT molecular complexity index is 1030. The molecule has 0 spiro atoms. The van der Waals surface area contributed by atoms with E-state index in [0.29, 0.717) is 5.82 Å². The fourth-order valence-electron chi connectivity index (χ4n) is 2.98. The molecule has 1 aliphatic heterocycles. The maximum atomic E-state index is 14.2. The summed E-state index contributed by atoms with van der Waals surface area (Å²) in [6.07, 6.45) is 1.61. The zero-order chi connectivity index (χ0) is 19.0. The highest BCUT2D eigenvalue weighted by Gasteiger charge is 2.28. The van der Waals surface area contributed by atoms with Crippen LogP contribution in [0, 0.1) is 5.82 Å². The zero-order valence-corrected chi connectivity index (χ0v) is 14.7. The van der Waals surface area contributed by atoms with Crippen LogP contribution < -0.4 is 5.32 Å². The number of fused-ring (bicyclic) bond motifs is 1. The Hall–Kier alpha value is -3.13. The van der Waals surface area contributed by atoms with Crippen molar-refractivity contribution in [3.8, 4) is 5.69 Å². The first-order chi connectivity index (χ1) is 13.0. The molecule has 1 aromatic heterocycles. The van der Waals surface area contributed by atoms with Gasteiger partial charge in [-0.2, -0.15) is 5.10 Å². The summed E-state index contributed by atoms with van der Waals surface area (Å²) in [5.41, 5.74) is 2.01. The highest BCUT2D eigenvalue weighted by Crippen LogP contribution is 2.42. The van der Waals surface area contributed by atoms with Crippen LogP contribution in [0.4, 0.5) is 10.2 Å². The number of para-hydroxylation sites is 1. The number of nitrogens with one attached hydrogen (secondary N) is 1. The molecule has 2 N–H and O–H groups in total. The zero-order valence-electron chi connectivity index (χ0n) is 13.9. The van der Waals surface area contributed by atoms with Gasteiger partial charge in [0.05, 0.1) is 22.8 Å². The van der Waals surface area contributed by atoms with Crippen LogP contribution in [-0.2, 0) is 4.79 Å². The standard InChI is InChI=1S/C19H14FN3O3S/c20-14-3-1-2-4-15(14)23-18-13(9-21-23)17(27-10-16(24)22-18)11-5-7-12(8-6-11)19(25)26/h1-9,17H,10H2,(H,22,24)(H,25,26)/t17-/m0/s1. The van der Waals surface area contributed by atoms with Crippen molar-refractivity contribution >= 4 is 29.5 Å². The number of nitrogens with zero attached hydrogens (tertiary/aromatic N) is 2. The second kappa shape index (κ2) is 6.88. The van der Waals surface area contributed by atoms with Crippen LogP contribution in [0.1, 0.15) is 26.7 Å². The van der Waals surface area contributed by atoms with Gasteiger partial charge in [-0.3, -0.25) is 4.79 Å². The van der Waals surface area contributed by atoms with E-state index in [-0.39, 0.29) is 28.2 Å². The van der Waals surface area contributed by atoms with Gasteiger partial charge in [-0.25, -0.2) is 13.9 Å². The molecule has 0 saturated heterocycles. The summed E-state index contributed by atoms with van der Waals surface area (Å²) in [4.78, 5) is 23.3. The van der Waals surface area contributed by atoms with Crippen molar-refractivity contribution in [2.75, 3.05) is 11.1 Å². The predicted molar refractivity (Wildman–Crippen MR) is 99.9 cm³/mol. The molecule has 27 heavy (non-hydrogen) atoms. The summed E-state index contributed by atoms with van der Waals surface area (Å²) >= 11 is 1.41. The Balaban J connectivity index is 1.80. The maximum Gasteiger partial charge on any atom is 0.335 e. The van der Waals surface area contributed by atoms with Gasteiger partial charge in [0.2, 0.25) is 5.91 Å². The van der Waals surface area contributed by atoms with Crippen molar-refractivity contribution in [2.24, 2.45) is 0 Å². The Morgan fingerprint density at radius 3 is 2.67 bits per heavy atom. The van der Waals surface area contributed by atoms with Crippen molar-refractivity contribution in [1.82, 2.24) is 9.78 Å². The molecule has 0 fully saturated rings. The van der Waals surface area contributed by atoms with Crippen LogP contribution in [0.2, 0.25) is 0 Å². The van der Waals surface area contributed by atoms with Gasteiger partial charge in [-0.05, 0) is 29.8 Å². The fourth-order valence-corrected chi connectivity index (χ4v) is 4.07. The topological polar surface area (TPSA) is 84.2 Å². The number of hydrogen-bond acceptors (Lipinski definition) is 4. The lowest BCUT2D eigenvalue weighted by molar-refractivity contribution is -0.113. The lowest BCUT2D eigenvalue weighted by Crippen LogP contribution is -2.16. The normalized spacial score (nSPS) is 16.3. The molecule has 0 radical (unpaired) electrons. The third kappa shape index (κ3) is 3.19. The van der Waals surface area contributed by atoms with Crippen LogP contribution in [0.25, 0.3) is 5.69 Å². The monoisotopic (exact) mass is 383 g/mol. The fraction of sp³-hybridized carbons (Fsp3) is 0.105. The van der Waals surface area contributed by atoms with E-state index in [1.54, 1.807) is 36.5 Å². The summed E-state index contributed by atoms with van der Waals surface area (Å²) in [6.45, 7) is 0. The number of carbonyl (C=O) groups excluding carboxylic acids is 1. The Kier molecular flexibility index (Phi) is 4.41. The van der Waals surface area contributed by atoms with Gasteiger partial charge in [0.25, 0.3) is 0 Å². The van der Waals surface area contributed by atoms with Crippen LogP contribution in [0.5, 0.6) is 0 Å². The first kappa shape index (κ1) is 17.3. The number of halogens is 1. The molecule has 2 heterocycles. The van der Waals surface area contributed by atoms with Gasteiger partial charge in [-0.1, -0.05) is 24.3 Å². The number of hydrogen-bond donors (Lipinski definition) is 2. The highest BCUT2D eigenvalue weighted by atomic mass is 32.2. The van der Waals surface area contributed by atoms with Gasteiger partial charge >= 0.3 is 5.97 Å². The summed E-state index contributed by atoms with van der Waals surface area (Å²) in [6, 6.07) is 12.7. The summed E-state index contributed by atoms with van der Waals surface area (Å²) < 4.78 is 15.6. The van der Waals surface area contributed by atoms with Crippen LogP contribution in [0.15, 0.2) is 54.7 Å². The number of aromatic carboxylic acids is 1. The van der Waals surface area contributed by atoms with E-state index in [2.05, 4.69) is 10.4 Å². The van der Waals surface area contributed by atoms with Crippen molar-refractivity contribution in [3.05, 3.63) is 77.2 Å². The smallest absolute Gasteiger partial charge is 0.335 e. The molecule has 136 valence electrons. The molecule has 1 atom stereocenters. The number of anilines is 1. The number of thioether (sulfide) groups is 1. The molecule has 0 aliphatic carbocycles. The molecule has 1 amide bonds. The molecule has 1 aliphatic rings. The third-order valence-electron chi connectivity index (χ3n) is 4.26. The molecular formula is C19H14FN3O3S. The maximum absolute atomic E-state index is 14.2. The van der Waals surface area contributed by atoms with E-state index in [1.165, 1.54) is 34.6 Å². The highest BCUT2D eigenvalue weighted by molar-refractivity contribution is 8.00. The van der Waals surface area contributed by atoms with E-state index in [0.717, 1.165) is 11.1 Å². The molecule has 0 saturated carbocycles. The second-order valence-corrected chi connectivity index (χ2v) is 7.07. The third-order valence-corrected chi connectivity index (χ3v) is 5.55. The van der Waals surface area contributed by atoms with Crippen molar-refractivity contribution in [3.63, 3.8) is 0 Å².